The molecule has 0 saturated heterocycles. The molecule has 4 heteroatoms. The molecular formula is C22H22N2S2. The molecule has 0 heterocycles. The first-order valence-electron chi connectivity index (χ1n) is 8.65. The minimum Gasteiger partial charge on any atom is -0.362 e. The highest BCUT2D eigenvalue weighted by Gasteiger charge is 2.00. The molecule has 26 heavy (non-hydrogen) atoms. The molecule has 0 fully saturated rings. The van der Waals surface area contributed by atoms with E-state index in [1.807, 2.05) is 23.9 Å². The van der Waals surface area contributed by atoms with Crippen LogP contribution in [0.1, 0.15) is 11.1 Å². The van der Waals surface area contributed by atoms with E-state index >= 15 is 0 Å². The molecule has 132 valence electrons. The Kier molecular flexibility index (Phi) is 7.11. The highest BCUT2D eigenvalue weighted by atomic mass is 32.2. The first kappa shape index (κ1) is 18.5. The SMILES string of the molecule is S=C(NCCc1ccccc1)Nc1ccc(CSc2ccccc2)cc1. The lowest BCUT2D eigenvalue weighted by Crippen LogP contribution is -2.30. The van der Waals surface area contributed by atoms with E-state index in [0.717, 1.165) is 24.4 Å². The first-order chi connectivity index (χ1) is 12.8. The largest absolute Gasteiger partial charge is 0.362 e. The third-order valence-electron chi connectivity index (χ3n) is 3.90. The zero-order valence-electron chi connectivity index (χ0n) is 14.5. The molecule has 0 radical (unpaired) electrons. The predicted octanol–water partition coefficient (Wildman–Crippen LogP) is 5.51. The van der Waals surface area contributed by atoms with E-state index < -0.39 is 0 Å². The number of thioether (sulfide) groups is 1. The molecule has 3 rings (SSSR count). The Balaban J connectivity index is 1.41. The van der Waals surface area contributed by atoms with E-state index in [2.05, 4.69) is 83.4 Å². The van der Waals surface area contributed by atoms with Crippen LogP contribution in [0.5, 0.6) is 0 Å². The van der Waals surface area contributed by atoms with Crippen LogP contribution in [0.3, 0.4) is 0 Å². The molecule has 3 aromatic rings. The van der Waals surface area contributed by atoms with Crippen molar-refractivity contribution in [1.82, 2.24) is 5.32 Å². The van der Waals surface area contributed by atoms with Crippen molar-refractivity contribution in [3.05, 3.63) is 96.1 Å². The molecule has 0 unspecified atom stereocenters. The molecule has 0 bridgehead atoms. The number of anilines is 1. The third-order valence-corrected chi connectivity index (χ3v) is 5.23. The summed E-state index contributed by atoms with van der Waals surface area (Å²) in [7, 11) is 0. The molecule has 0 aromatic heterocycles. The van der Waals surface area contributed by atoms with Crippen LogP contribution in [0.4, 0.5) is 5.69 Å². The monoisotopic (exact) mass is 378 g/mol. The van der Waals surface area contributed by atoms with Crippen LogP contribution in [0.25, 0.3) is 0 Å². The Hall–Kier alpha value is -2.30. The molecule has 2 N–H and O–H groups in total. The van der Waals surface area contributed by atoms with Crippen LogP contribution >= 0.6 is 24.0 Å². The summed E-state index contributed by atoms with van der Waals surface area (Å²) in [6.07, 6.45) is 0.957. The van der Waals surface area contributed by atoms with E-state index in [9.17, 15) is 0 Å². The fourth-order valence-electron chi connectivity index (χ4n) is 2.51. The lowest BCUT2D eigenvalue weighted by Gasteiger charge is -2.11. The van der Waals surface area contributed by atoms with Crippen LogP contribution in [-0.4, -0.2) is 11.7 Å². The molecule has 3 aromatic carbocycles. The maximum absolute atomic E-state index is 5.37. The fraction of sp³-hybridized carbons (Fsp3) is 0.136. The summed E-state index contributed by atoms with van der Waals surface area (Å²) in [5.41, 5.74) is 3.62. The van der Waals surface area contributed by atoms with Crippen molar-refractivity contribution in [3.63, 3.8) is 0 Å². The van der Waals surface area contributed by atoms with Gasteiger partial charge < -0.3 is 10.6 Å². The second-order valence-electron chi connectivity index (χ2n) is 5.92. The van der Waals surface area contributed by atoms with Gasteiger partial charge in [-0.1, -0.05) is 60.7 Å². The first-order valence-corrected chi connectivity index (χ1v) is 10.0. The van der Waals surface area contributed by atoms with E-state index in [1.165, 1.54) is 16.0 Å². The van der Waals surface area contributed by atoms with Crippen LogP contribution in [0.2, 0.25) is 0 Å². The van der Waals surface area contributed by atoms with Gasteiger partial charge in [0.15, 0.2) is 5.11 Å². The average Bonchev–Trinajstić information content (AvgIpc) is 2.69. The Bertz CT molecular complexity index is 803. The van der Waals surface area contributed by atoms with Gasteiger partial charge in [0.1, 0.15) is 0 Å². The molecular weight excluding hydrogens is 356 g/mol. The van der Waals surface area contributed by atoms with Gasteiger partial charge >= 0.3 is 0 Å². The van der Waals surface area contributed by atoms with Crippen LogP contribution in [0.15, 0.2) is 89.8 Å². The maximum Gasteiger partial charge on any atom is 0.170 e. The van der Waals surface area contributed by atoms with E-state index in [4.69, 9.17) is 12.2 Å². The summed E-state index contributed by atoms with van der Waals surface area (Å²) in [5.74, 6) is 0.962. The zero-order valence-corrected chi connectivity index (χ0v) is 16.2. The standard InChI is InChI=1S/C22H22N2S2/c25-22(23-16-15-18-7-3-1-4-8-18)24-20-13-11-19(12-14-20)17-26-21-9-5-2-6-10-21/h1-14H,15-17H2,(H2,23,24,25). The lowest BCUT2D eigenvalue weighted by molar-refractivity contribution is 0.873. The number of hydrogen-bond donors (Lipinski definition) is 2. The summed E-state index contributed by atoms with van der Waals surface area (Å²) in [6.45, 7) is 0.821. The summed E-state index contributed by atoms with van der Waals surface area (Å²) in [5, 5.41) is 7.16. The summed E-state index contributed by atoms with van der Waals surface area (Å²) in [4.78, 5) is 1.29. The quantitative estimate of drug-likeness (QED) is 0.418. The molecule has 0 atom stereocenters. The minimum absolute atomic E-state index is 0.660. The highest BCUT2D eigenvalue weighted by molar-refractivity contribution is 7.98. The van der Waals surface area contributed by atoms with Crippen LogP contribution in [0, 0.1) is 0 Å². The number of nitrogens with one attached hydrogen (secondary N) is 2. The van der Waals surface area contributed by atoms with Gasteiger partial charge in [0, 0.05) is 22.9 Å². The van der Waals surface area contributed by atoms with Gasteiger partial charge in [0.05, 0.1) is 0 Å². The van der Waals surface area contributed by atoms with Crippen LogP contribution in [-0.2, 0) is 12.2 Å². The fourth-order valence-corrected chi connectivity index (χ4v) is 3.60. The smallest absolute Gasteiger partial charge is 0.170 e. The normalized spacial score (nSPS) is 10.3. The molecule has 0 aliphatic rings. The lowest BCUT2D eigenvalue weighted by atomic mass is 10.1. The zero-order chi connectivity index (χ0) is 18.0. The molecule has 2 nitrogen and oxygen atoms in total. The van der Waals surface area contributed by atoms with Crippen molar-refractivity contribution < 1.29 is 0 Å². The number of benzene rings is 3. The highest BCUT2D eigenvalue weighted by Crippen LogP contribution is 2.23. The predicted molar refractivity (Wildman–Crippen MR) is 117 cm³/mol. The van der Waals surface area contributed by atoms with Gasteiger partial charge in [-0.3, -0.25) is 0 Å². The molecule has 0 spiro atoms. The number of thiocarbonyl (C=S) groups is 1. The van der Waals surface area contributed by atoms with Crippen molar-refractivity contribution >= 4 is 34.8 Å². The van der Waals surface area contributed by atoms with Gasteiger partial charge in [-0.15, -0.1) is 11.8 Å². The van der Waals surface area contributed by atoms with Crippen molar-refractivity contribution in [3.8, 4) is 0 Å². The second-order valence-corrected chi connectivity index (χ2v) is 7.37. The Labute approximate surface area is 165 Å². The Morgan fingerprint density at radius 3 is 2.12 bits per heavy atom. The van der Waals surface area contributed by atoms with Gasteiger partial charge in [-0.2, -0.15) is 0 Å². The maximum atomic E-state index is 5.37. The second kappa shape index (κ2) is 10.00. The van der Waals surface area contributed by atoms with Crippen molar-refractivity contribution in [1.29, 1.82) is 0 Å². The summed E-state index contributed by atoms with van der Waals surface area (Å²) in [6, 6.07) is 29.3. The van der Waals surface area contributed by atoms with Gasteiger partial charge in [-0.25, -0.2) is 0 Å². The number of rotatable bonds is 7. The summed E-state index contributed by atoms with van der Waals surface area (Å²) < 4.78 is 0. The topological polar surface area (TPSA) is 24.1 Å². The van der Waals surface area contributed by atoms with Gasteiger partial charge in [-0.05, 0) is 54.0 Å². The molecule has 0 saturated carbocycles. The van der Waals surface area contributed by atoms with E-state index in [-0.39, 0.29) is 0 Å². The Morgan fingerprint density at radius 1 is 0.769 bits per heavy atom. The molecule has 0 amide bonds. The van der Waals surface area contributed by atoms with E-state index in [1.54, 1.807) is 0 Å². The van der Waals surface area contributed by atoms with Crippen molar-refractivity contribution in [2.75, 3.05) is 11.9 Å². The third kappa shape index (κ3) is 6.21. The van der Waals surface area contributed by atoms with E-state index in [0.29, 0.717) is 5.11 Å². The van der Waals surface area contributed by atoms with Crippen LogP contribution < -0.4 is 10.6 Å². The molecule has 0 aliphatic carbocycles. The Morgan fingerprint density at radius 2 is 1.42 bits per heavy atom. The van der Waals surface area contributed by atoms with Crippen molar-refractivity contribution in [2.24, 2.45) is 0 Å². The number of hydrogen-bond acceptors (Lipinski definition) is 2. The summed E-state index contributed by atoms with van der Waals surface area (Å²) >= 11 is 7.22. The van der Waals surface area contributed by atoms with Crippen molar-refractivity contribution in [2.45, 2.75) is 17.1 Å². The van der Waals surface area contributed by atoms with Gasteiger partial charge in [0.25, 0.3) is 0 Å². The van der Waals surface area contributed by atoms with Gasteiger partial charge in [0.2, 0.25) is 0 Å². The average molecular weight is 379 g/mol. The molecule has 0 aliphatic heterocycles. The minimum atomic E-state index is 0.660.